The van der Waals surface area contributed by atoms with Gasteiger partial charge in [-0.05, 0) is 37.7 Å². The maximum absolute atomic E-state index is 4.53. The molecular weight excluding hydrogens is 260 g/mol. The SMILES string of the molecule is C=C(C)C1CC(CC)C(N(C)c2ncnc3[nH]ccc23)C1. The van der Waals surface area contributed by atoms with Crippen molar-refractivity contribution in [3.8, 4) is 0 Å². The van der Waals surface area contributed by atoms with Crippen molar-refractivity contribution in [2.75, 3.05) is 11.9 Å². The first-order chi connectivity index (χ1) is 10.1. The van der Waals surface area contributed by atoms with Crippen LogP contribution in [-0.4, -0.2) is 28.0 Å². The molecule has 0 saturated heterocycles. The molecule has 21 heavy (non-hydrogen) atoms. The number of nitrogens with one attached hydrogen (secondary N) is 1. The van der Waals surface area contributed by atoms with Crippen molar-refractivity contribution >= 4 is 16.9 Å². The zero-order valence-electron chi connectivity index (χ0n) is 13.1. The zero-order valence-corrected chi connectivity index (χ0v) is 13.1. The van der Waals surface area contributed by atoms with Gasteiger partial charge in [0, 0.05) is 19.3 Å². The van der Waals surface area contributed by atoms with Gasteiger partial charge in [-0.1, -0.05) is 25.5 Å². The first kappa shape index (κ1) is 14.1. The molecule has 4 nitrogen and oxygen atoms in total. The number of rotatable bonds is 4. The van der Waals surface area contributed by atoms with Gasteiger partial charge in [0.2, 0.25) is 0 Å². The summed E-state index contributed by atoms with van der Waals surface area (Å²) < 4.78 is 0. The molecule has 0 bridgehead atoms. The van der Waals surface area contributed by atoms with E-state index in [1.165, 1.54) is 24.8 Å². The van der Waals surface area contributed by atoms with Crippen molar-refractivity contribution in [1.29, 1.82) is 0 Å². The van der Waals surface area contributed by atoms with E-state index in [-0.39, 0.29) is 0 Å². The van der Waals surface area contributed by atoms with Crippen LogP contribution in [0.25, 0.3) is 11.0 Å². The number of allylic oxidation sites excluding steroid dienone is 1. The quantitative estimate of drug-likeness (QED) is 0.869. The van der Waals surface area contributed by atoms with Crippen molar-refractivity contribution in [1.82, 2.24) is 15.0 Å². The fourth-order valence-electron chi connectivity index (χ4n) is 3.72. The molecule has 1 fully saturated rings. The molecule has 0 amide bonds. The molecule has 4 heteroatoms. The Hall–Kier alpha value is -1.84. The minimum Gasteiger partial charge on any atom is -0.356 e. The van der Waals surface area contributed by atoms with Gasteiger partial charge in [0.05, 0.1) is 5.39 Å². The molecule has 1 aliphatic rings. The number of anilines is 1. The number of nitrogens with zero attached hydrogens (tertiary/aromatic N) is 3. The Labute approximate surface area is 126 Å². The summed E-state index contributed by atoms with van der Waals surface area (Å²) in [6, 6.07) is 2.59. The van der Waals surface area contributed by atoms with Gasteiger partial charge in [-0.25, -0.2) is 9.97 Å². The lowest BCUT2D eigenvalue weighted by Crippen LogP contribution is -2.35. The van der Waals surface area contributed by atoms with Gasteiger partial charge in [-0.15, -0.1) is 0 Å². The summed E-state index contributed by atoms with van der Waals surface area (Å²) in [5.41, 5.74) is 2.23. The van der Waals surface area contributed by atoms with E-state index in [4.69, 9.17) is 0 Å². The van der Waals surface area contributed by atoms with Crippen LogP contribution in [0.4, 0.5) is 5.82 Å². The average Bonchev–Trinajstić information content (AvgIpc) is 3.12. The summed E-state index contributed by atoms with van der Waals surface area (Å²) in [6.07, 6.45) is 7.22. The van der Waals surface area contributed by atoms with Crippen LogP contribution in [0.5, 0.6) is 0 Å². The normalized spacial score (nSPS) is 25.4. The van der Waals surface area contributed by atoms with Gasteiger partial charge < -0.3 is 9.88 Å². The Kier molecular flexibility index (Phi) is 3.70. The number of hydrogen-bond acceptors (Lipinski definition) is 3. The van der Waals surface area contributed by atoms with Crippen molar-refractivity contribution in [2.45, 2.75) is 39.2 Å². The molecule has 0 aromatic carbocycles. The largest absolute Gasteiger partial charge is 0.356 e. The summed E-state index contributed by atoms with van der Waals surface area (Å²) in [7, 11) is 2.17. The Balaban J connectivity index is 1.92. The molecule has 3 unspecified atom stereocenters. The fourth-order valence-corrected chi connectivity index (χ4v) is 3.72. The topological polar surface area (TPSA) is 44.8 Å². The average molecular weight is 284 g/mol. The number of hydrogen-bond donors (Lipinski definition) is 1. The highest BCUT2D eigenvalue weighted by atomic mass is 15.2. The molecule has 1 N–H and O–H groups in total. The highest BCUT2D eigenvalue weighted by Gasteiger charge is 2.36. The first-order valence-electron chi connectivity index (χ1n) is 7.78. The van der Waals surface area contributed by atoms with Crippen LogP contribution in [-0.2, 0) is 0 Å². The summed E-state index contributed by atoms with van der Waals surface area (Å²) in [6.45, 7) is 8.62. The first-order valence-corrected chi connectivity index (χ1v) is 7.78. The van der Waals surface area contributed by atoms with Crippen molar-refractivity contribution in [3.05, 3.63) is 30.7 Å². The molecule has 1 aliphatic carbocycles. The lowest BCUT2D eigenvalue weighted by Gasteiger charge is -2.30. The summed E-state index contributed by atoms with van der Waals surface area (Å²) in [5, 5.41) is 1.11. The van der Waals surface area contributed by atoms with Gasteiger partial charge in [0.15, 0.2) is 0 Å². The van der Waals surface area contributed by atoms with Crippen molar-refractivity contribution in [3.63, 3.8) is 0 Å². The third-order valence-electron chi connectivity index (χ3n) is 5.04. The van der Waals surface area contributed by atoms with E-state index in [2.05, 4.69) is 53.4 Å². The fraction of sp³-hybridized carbons (Fsp3) is 0.529. The van der Waals surface area contributed by atoms with Gasteiger partial charge in [-0.3, -0.25) is 0 Å². The standard InChI is InChI=1S/C17H24N4/c1-5-12-8-13(11(2)3)9-15(12)21(4)17-14-6-7-18-16(14)19-10-20-17/h6-7,10,12-13,15H,2,5,8-9H2,1,3-4H3,(H,18,19,20). The molecule has 2 aromatic heterocycles. The van der Waals surface area contributed by atoms with Crippen molar-refractivity contribution < 1.29 is 0 Å². The summed E-state index contributed by atoms with van der Waals surface area (Å²) in [5.74, 6) is 2.39. The molecule has 2 heterocycles. The molecule has 0 aliphatic heterocycles. The van der Waals surface area contributed by atoms with E-state index in [1.807, 2.05) is 6.20 Å². The Morgan fingerprint density at radius 3 is 2.95 bits per heavy atom. The molecule has 2 aromatic rings. The van der Waals surface area contributed by atoms with Crippen molar-refractivity contribution in [2.24, 2.45) is 11.8 Å². The second kappa shape index (κ2) is 5.51. The second-order valence-corrected chi connectivity index (χ2v) is 6.30. The Morgan fingerprint density at radius 2 is 2.24 bits per heavy atom. The Bertz CT molecular complexity index is 645. The van der Waals surface area contributed by atoms with Crippen LogP contribution in [0.3, 0.4) is 0 Å². The van der Waals surface area contributed by atoms with Crippen LogP contribution in [0, 0.1) is 11.8 Å². The van der Waals surface area contributed by atoms with Crippen LogP contribution in [0.2, 0.25) is 0 Å². The van der Waals surface area contributed by atoms with Crippen LogP contribution < -0.4 is 4.90 Å². The summed E-state index contributed by atoms with van der Waals surface area (Å²) >= 11 is 0. The van der Waals surface area contributed by atoms with E-state index in [0.717, 1.165) is 16.9 Å². The lowest BCUT2D eigenvalue weighted by molar-refractivity contribution is 0.447. The van der Waals surface area contributed by atoms with Crippen LogP contribution >= 0.6 is 0 Å². The number of fused-ring (bicyclic) bond motifs is 1. The molecule has 1 saturated carbocycles. The zero-order chi connectivity index (χ0) is 15.0. The van der Waals surface area contributed by atoms with E-state index in [0.29, 0.717) is 17.9 Å². The predicted octanol–water partition coefficient (Wildman–Crippen LogP) is 3.78. The smallest absolute Gasteiger partial charge is 0.142 e. The van der Waals surface area contributed by atoms with Gasteiger partial charge >= 0.3 is 0 Å². The van der Waals surface area contributed by atoms with Crippen LogP contribution in [0.1, 0.15) is 33.1 Å². The molecule has 3 rings (SSSR count). The second-order valence-electron chi connectivity index (χ2n) is 6.30. The molecule has 112 valence electrons. The van der Waals surface area contributed by atoms with Crippen LogP contribution in [0.15, 0.2) is 30.7 Å². The third-order valence-corrected chi connectivity index (χ3v) is 5.04. The summed E-state index contributed by atoms with van der Waals surface area (Å²) in [4.78, 5) is 14.3. The van der Waals surface area contributed by atoms with E-state index in [1.54, 1.807) is 6.33 Å². The maximum atomic E-state index is 4.53. The predicted molar refractivity (Wildman–Crippen MR) is 87.4 cm³/mol. The highest BCUT2D eigenvalue weighted by molar-refractivity contribution is 5.87. The molecular formula is C17H24N4. The van der Waals surface area contributed by atoms with Gasteiger partial charge in [0.1, 0.15) is 17.8 Å². The molecule has 3 atom stereocenters. The van der Waals surface area contributed by atoms with E-state index < -0.39 is 0 Å². The lowest BCUT2D eigenvalue weighted by atomic mass is 9.97. The van der Waals surface area contributed by atoms with E-state index >= 15 is 0 Å². The Morgan fingerprint density at radius 1 is 1.43 bits per heavy atom. The minimum absolute atomic E-state index is 0.532. The highest BCUT2D eigenvalue weighted by Crippen LogP contribution is 2.41. The monoisotopic (exact) mass is 284 g/mol. The maximum Gasteiger partial charge on any atom is 0.142 e. The molecule has 0 radical (unpaired) electrons. The van der Waals surface area contributed by atoms with Gasteiger partial charge in [-0.2, -0.15) is 0 Å². The van der Waals surface area contributed by atoms with Gasteiger partial charge in [0.25, 0.3) is 0 Å². The number of H-pyrrole nitrogens is 1. The number of aromatic nitrogens is 3. The minimum atomic E-state index is 0.532. The van der Waals surface area contributed by atoms with E-state index in [9.17, 15) is 0 Å². The number of aromatic amines is 1. The molecule has 0 spiro atoms. The third kappa shape index (κ3) is 2.43.